The highest BCUT2D eigenvalue weighted by molar-refractivity contribution is 5.69. The molecule has 0 spiro atoms. The molecule has 0 saturated carbocycles. The number of hydrogen-bond donors (Lipinski definition) is 1. The molecule has 0 radical (unpaired) electrons. The van der Waals surface area contributed by atoms with E-state index < -0.39 is 5.97 Å². The van der Waals surface area contributed by atoms with Crippen molar-refractivity contribution in [1.82, 2.24) is 9.96 Å². The minimum absolute atomic E-state index is 0.00278. The van der Waals surface area contributed by atoms with Gasteiger partial charge in [0.1, 0.15) is 0 Å². The van der Waals surface area contributed by atoms with Crippen LogP contribution >= 0.6 is 0 Å². The predicted octanol–water partition coefficient (Wildman–Crippen LogP) is 15.5. The van der Waals surface area contributed by atoms with E-state index in [0.29, 0.717) is 25.6 Å². The molecule has 1 fully saturated rings. The second kappa shape index (κ2) is 44.9. The van der Waals surface area contributed by atoms with Crippen molar-refractivity contribution in [3.8, 4) is 0 Å². The van der Waals surface area contributed by atoms with E-state index in [1.54, 1.807) is 0 Å². The van der Waals surface area contributed by atoms with Crippen LogP contribution in [-0.2, 0) is 19.2 Å². The zero-order chi connectivity index (χ0) is 43.4. The number of aliphatic carboxylic acids is 1. The molecule has 1 aliphatic heterocycles. The Balaban J connectivity index is 0.00000220. The average Bonchev–Trinajstić information content (AvgIpc) is 3.22. The molecule has 1 rings (SSSR count). The maximum Gasteiger partial charge on any atom is 0.305 e. The third-order valence-corrected chi connectivity index (χ3v) is 12.8. The first kappa shape index (κ1) is 57.8. The van der Waals surface area contributed by atoms with Gasteiger partial charge < -0.3 is 14.7 Å². The second-order valence-corrected chi connectivity index (χ2v) is 18.5. The quantitative estimate of drug-likeness (QED) is 0.0484. The van der Waals surface area contributed by atoms with Crippen molar-refractivity contribution in [1.29, 1.82) is 0 Å². The molecule has 0 aromatic heterocycles. The Morgan fingerprint density at radius 1 is 0.475 bits per heavy atom. The van der Waals surface area contributed by atoms with Crippen LogP contribution < -0.4 is 0 Å². The van der Waals surface area contributed by atoms with Crippen LogP contribution in [0.25, 0.3) is 0 Å². The monoisotopic (exact) mass is 837 g/mol. The zero-order valence-corrected chi connectivity index (χ0v) is 40.7. The first-order chi connectivity index (χ1) is 28.8. The normalized spacial score (nSPS) is 14.2. The molecule has 59 heavy (non-hydrogen) atoms. The van der Waals surface area contributed by atoms with Crippen molar-refractivity contribution in [2.75, 3.05) is 39.8 Å². The minimum atomic E-state index is -0.676. The number of hydroxylamine groups is 2. The van der Waals surface area contributed by atoms with E-state index in [0.717, 1.165) is 89.4 Å². The molecule has 1 heterocycles. The van der Waals surface area contributed by atoms with Crippen LogP contribution in [0.2, 0.25) is 0 Å². The lowest BCUT2D eigenvalue weighted by atomic mass is 9.92. The number of ether oxygens (including phenoxy) is 1. The molecular weight excluding hydrogens is 733 g/mol. The van der Waals surface area contributed by atoms with Gasteiger partial charge in [0.15, 0.2) is 0 Å². The average molecular weight is 837 g/mol. The van der Waals surface area contributed by atoms with E-state index in [2.05, 4.69) is 51.6 Å². The number of carbonyl (C=O) groups excluding carboxylic acids is 1. The van der Waals surface area contributed by atoms with Crippen molar-refractivity contribution in [2.24, 2.45) is 11.8 Å². The SMILES string of the molecule is CCCCCC(CC)CCCCC.CCCCCC(CCCCC)CCOC(=O)CCCCCCCCCC(CCCCCCCCCC(=O)O)ON1CCN(C)CC1. The molecule has 7 heteroatoms. The topological polar surface area (TPSA) is 79.3 Å². The van der Waals surface area contributed by atoms with E-state index in [9.17, 15) is 9.59 Å². The van der Waals surface area contributed by atoms with Crippen molar-refractivity contribution < 1.29 is 24.3 Å². The van der Waals surface area contributed by atoms with Gasteiger partial charge in [-0.1, -0.05) is 221 Å². The number of carboxylic acid groups (broad SMARTS) is 1. The van der Waals surface area contributed by atoms with Crippen LogP contribution in [0.3, 0.4) is 0 Å². The van der Waals surface area contributed by atoms with Crippen LogP contribution in [0, 0.1) is 11.8 Å². The number of hydrogen-bond acceptors (Lipinski definition) is 6. The van der Waals surface area contributed by atoms with Gasteiger partial charge in [0, 0.05) is 39.0 Å². The lowest BCUT2D eigenvalue weighted by Gasteiger charge is -2.34. The van der Waals surface area contributed by atoms with E-state index >= 15 is 0 Å². The lowest BCUT2D eigenvalue weighted by Crippen LogP contribution is -2.45. The molecule has 1 saturated heterocycles. The van der Waals surface area contributed by atoms with E-state index in [1.807, 2.05) is 0 Å². The maximum atomic E-state index is 12.3. The van der Waals surface area contributed by atoms with Gasteiger partial charge in [0.2, 0.25) is 0 Å². The summed E-state index contributed by atoms with van der Waals surface area (Å²) in [7, 11) is 2.18. The fraction of sp³-hybridized carbons (Fsp3) is 0.962. The smallest absolute Gasteiger partial charge is 0.305 e. The summed E-state index contributed by atoms with van der Waals surface area (Å²) in [6.45, 7) is 16.2. The molecule has 0 amide bonds. The summed E-state index contributed by atoms with van der Waals surface area (Å²) in [6, 6.07) is 0. The number of esters is 1. The maximum absolute atomic E-state index is 12.3. The number of nitrogens with zero attached hydrogens (tertiary/aromatic N) is 2. The molecular formula is C52H104N2O5. The molecule has 1 aliphatic rings. The first-order valence-corrected chi connectivity index (χ1v) is 26.3. The van der Waals surface area contributed by atoms with E-state index in [4.69, 9.17) is 14.7 Å². The molecule has 0 aromatic rings. The van der Waals surface area contributed by atoms with E-state index in [-0.39, 0.29) is 5.97 Å². The van der Waals surface area contributed by atoms with Gasteiger partial charge in [-0.15, -0.1) is 0 Å². The summed E-state index contributed by atoms with van der Waals surface area (Å²) in [5.41, 5.74) is 0. The van der Waals surface area contributed by atoms with Gasteiger partial charge in [0.05, 0.1) is 12.7 Å². The zero-order valence-electron chi connectivity index (χ0n) is 40.7. The third kappa shape index (κ3) is 40.6. The van der Waals surface area contributed by atoms with Gasteiger partial charge in [0.25, 0.3) is 0 Å². The van der Waals surface area contributed by atoms with Crippen molar-refractivity contribution in [3.05, 3.63) is 0 Å². The first-order valence-electron chi connectivity index (χ1n) is 26.3. The molecule has 1 unspecified atom stereocenters. The Bertz CT molecular complexity index is 859. The summed E-state index contributed by atoms with van der Waals surface area (Å²) in [5, 5.41) is 11.0. The van der Waals surface area contributed by atoms with Gasteiger partial charge in [-0.3, -0.25) is 14.4 Å². The molecule has 1 N–H and O–H groups in total. The van der Waals surface area contributed by atoms with Crippen molar-refractivity contribution >= 4 is 11.9 Å². The molecule has 7 nitrogen and oxygen atoms in total. The van der Waals surface area contributed by atoms with Crippen molar-refractivity contribution in [2.45, 2.75) is 272 Å². The number of carbonyl (C=O) groups is 2. The Morgan fingerprint density at radius 3 is 1.29 bits per heavy atom. The van der Waals surface area contributed by atoms with Gasteiger partial charge in [-0.05, 0) is 51.0 Å². The number of likely N-dealkylation sites (N-methyl/N-ethyl adjacent to an activating group) is 1. The van der Waals surface area contributed by atoms with Gasteiger partial charge >= 0.3 is 11.9 Å². The van der Waals surface area contributed by atoms with Crippen molar-refractivity contribution in [3.63, 3.8) is 0 Å². The summed E-state index contributed by atoms with van der Waals surface area (Å²) in [4.78, 5) is 31.8. The van der Waals surface area contributed by atoms with Crippen LogP contribution in [0.5, 0.6) is 0 Å². The number of piperazine rings is 1. The molecule has 0 bridgehead atoms. The molecule has 352 valence electrons. The highest BCUT2D eigenvalue weighted by Gasteiger charge is 2.19. The summed E-state index contributed by atoms with van der Waals surface area (Å²) in [5.74, 6) is 1.07. The van der Waals surface area contributed by atoms with Gasteiger partial charge in [-0.25, -0.2) is 0 Å². The lowest BCUT2D eigenvalue weighted by molar-refractivity contribution is -0.214. The Morgan fingerprint density at radius 2 is 0.864 bits per heavy atom. The Labute approximate surface area is 368 Å². The van der Waals surface area contributed by atoms with Gasteiger partial charge in [-0.2, -0.15) is 5.06 Å². The highest BCUT2D eigenvalue weighted by atomic mass is 16.7. The summed E-state index contributed by atoms with van der Waals surface area (Å²) < 4.78 is 5.62. The number of rotatable bonds is 42. The molecule has 0 aliphatic carbocycles. The number of carboxylic acids is 1. The highest BCUT2D eigenvalue weighted by Crippen LogP contribution is 2.23. The minimum Gasteiger partial charge on any atom is -0.481 e. The molecule has 0 aromatic carbocycles. The van der Waals surface area contributed by atoms with E-state index in [1.165, 1.54) is 167 Å². The Hall–Kier alpha value is -1.18. The standard InChI is InChI=1S/C39H76N2O5.C13H28/c1-4-6-18-24-36(25-19-7-5-2)30-35-45-39(44)29-23-17-13-9-11-15-21-27-37(46-41-33-31-40(3)32-34-41)26-20-14-10-8-12-16-22-28-38(42)43;1-4-7-9-11-13(6-3)12-10-8-5-2/h36-37H,4-35H2,1-3H3,(H,42,43);13H,4-12H2,1-3H3. The van der Waals surface area contributed by atoms with Crippen LogP contribution in [0.4, 0.5) is 0 Å². The Kier molecular flexibility index (Phi) is 44.0. The fourth-order valence-electron chi connectivity index (χ4n) is 8.54. The second-order valence-electron chi connectivity index (χ2n) is 18.5. The molecule has 1 atom stereocenters. The fourth-order valence-corrected chi connectivity index (χ4v) is 8.54. The van der Waals surface area contributed by atoms with Crippen LogP contribution in [0.15, 0.2) is 0 Å². The predicted molar refractivity (Wildman–Crippen MR) is 254 cm³/mol. The largest absolute Gasteiger partial charge is 0.481 e. The van der Waals surface area contributed by atoms with Crippen LogP contribution in [0.1, 0.15) is 266 Å². The summed E-state index contributed by atoms with van der Waals surface area (Å²) in [6.07, 6.45) is 44.0. The summed E-state index contributed by atoms with van der Waals surface area (Å²) >= 11 is 0. The number of unbranched alkanes of at least 4 members (excludes halogenated alkanes) is 20. The third-order valence-electron chi connectivity index (χ3n) is 12.8. The van der Waals surface area contributed by atoms with Crippen LogP contribution in [-0.4, -0.2) is 72.9 Å².